The Morgan fingerprint density at radius 1 is 1.17 bits per heavy atom. The molecular formula is C18H24BrN3O2. The van der Waals surface area contributed by atoms with Gasteiger partial charge in [-0.15, -0.1) is 0 Å². The van der Waals surface area contributed by atoms with Gasteiger partial charge in [0.15, 0.2) is 0 Å². The molecule has 1 aromatic carbocycles. The molecule has 2 fully saturated rings. The van der Waals surface area contributed by atoms with E-state index in [1.807, 2.05) is 24.3 Å². The lowest BCUT2D eigenvalue weighted by Crippen LogP contribution is -2.45. The van der Waals surface area contributed by atoms with Crippen LogP contribution >= 0.6 is 15.9 Å². The minimum absolute atomic E-state index is 0.0120. The fourth-order valence-electron chi connectivity index (χ4n) is 3.06. The zero-order valence-corrected chi connectivity index (χ0v) is 15.3. The van der Waals surface area contributed by atoms with Gasteiger partial charge in [0.2, 0.25) is 11.8 Å². The van der Waals surface area contributed by atoms with Crippen molar-refractivity contribution in [2.75, 3.05) is 31.5 Å². The van der Waals surface area contributed by atoms with E-state index in [1.54, 1.807) is 0 Å². The van der Waals surface area contributed by atoms with Gasteiger partial charge in [-0.3, -0.25) is 14.5 Å². The van der Waals surface area contributed by atoms with Crippen molar-refractivity contribution < 1.29 is 9.59 Å². The lowest BCUT2D eigenvalue weighted by Gasteiger charge is -2.31. The summed E-state index contributed by atoms with van der Waals surface area (Å²) in [6.07, 6.45) is 4.37. The standard InChI is InChI=1S/C18H24BrN3O2/c19-15-5-7-16(8-6-15)21-17(23)12-22-9-1-2-14(11-22)18(24)20-10-13-3-4-13/h5-8,13-14H,1-4,9-12H2,(H,20,24)(H,21,23). The molecule has 2 aliphatic rings. The molecule has 2 N–H and O–H groups in total. The molecule has 1 heterocycles. The molecule has 0 bridgehead atoms. The van der Waals surface area contributed by atoms with Crippen LogP contribution in [0.5, 0.6) is 0 Å². The molecule has 0 radical (unpaired) electrons. The highest BCUT2D eigenvalue weighted by atomic mass is 79.9. The third-order valence-electron chi connectivity index (χ3n) is 4.63. The molecule has 1 aromatic rings. The summed E-state index contributed by atoms with van der Waals surface area (Å²) in [7, 11) is 0. The molecule has 24 heavy (non-hydrogen) atoms. The number of amides is 2. The molecule has 6 heteroatoms. The number of benzene rings is 1. The Morgan fingerprint density at radius 3 is 2.62 bits per heavy atom. The van der Waals surface area contributed by atoms with Crippen molar-refractivity contribution in [3.8, 4) is 0 Å². The number of halogens is 1. The Morgan fingerprint density at radius 2 is 1.92 bits per heavy atom. The number of carbonyl (C=O) groups excluding carboxylic acids is 2. The first kappa shape index (κ1) is 17.4. The third kappa shape index (κ3) is 5.31. The minimum Gasteiger partial charge on any atom is -0.356 e. The van der Waals surface area contributed by atoms with Gasteiger partial charge in [0, 0.05) is 23.2 Å². The van der Waals surface area contributed by atoms with Crippen LogP contribution in [0.1, 0.15) is 25.7 Å². The second-order valence-electron chi connectivity index (χ2n) is 6.82. The van der Waals surface area contributed by atoms with E-state index >= 15 is 0 Å². The predicted molar refractivity (Wildman–Crippen MR) is 97.7 cm³/mol. The number of hydrogen-bond acceptors (Lipinski definition) is 3. The van der Waals surface area contributed by atoms with E-state index in [1.165, 1.54) is 12.8 Å². The zero-order valence-electron chi connectivity index (χ0n) is 13.8. The lowest BCUT2D eigenvalue weighted by atomic mass is 9.97. The van der Waals surface area contributed by atoms with Crippen LogP contribution in [0.3, 0.4) is 0 Å². The maximum atomic E-state index is 12.2. The first-order valence-electron chi connectivity index (χ1n) is 8.65. The molecule has 2 amide bonds. The Kier molecular flexibility index (Phi) is 5.89. The zero-order chi connectivity index (χ0) is 16.9. The largest absolute Gasteiger partial charge is 0.356 e. The second kappa shape index (κ2) is 8.12. The number of carbonyl (C=O) groups is 2. The Hall–Kier alpha value is -1.40. The summed E-state index contributed by atoms with van der Waals surface area (Å²) in [6, 6.07) is 7.53. The highest BCUT2D eigenvalue weighted by Crippen LogP contribution is 2.28. The van der Waals surface area contributed by atoms with Crippen molar-refractivity contribution in [3.05, 3.63) is 28.7 Å². The van der Waals surface area contributed by atoms with Gasteiger partial charge in [0.25, 0.3) is 0 Å². The SMILES string of the molecule is O=C(CN1CCCC(C(=O)NCC2CC2)C1)Nc1ccc(Br)cc1. The van der Waals surface area contributed by atoms with Gasteiger partial charge in [0.1, 0.15) is 0 Å². The van der Waals surface area contributed by atoms with Crippen molar-refractivity contribution in [1.29, 1.82) is 0 Å². The van der Waals surface area contributed by atoms with Crippen molar-refractivity contribution in [2.45, 2.75) is 25.7 Å². The summed E-state index contributed by atoms with van der Waals surface area (Å²) in [5.74, 6) is 0.833. The van der Waals surface area contributed by atoms with Gasteiger partial charge in [0.05, 0.1) is 12.5 Å². The number of nitrogens with zero attached hydrogens (tertiary/aromatic N) is 1. The fraction of sp³-hybridized carbons (Fsp3) is 0.556. The first-order valence-corrected chi connectivity index (χ1v) is 9.45. The maximum absolute atomic E-state index is 12.2. The molecule has 1 atom stereocenters. The molecule has 0 spiro atoms. The van der Waals surface area contributed by atoms with Crippen molar-refractivity contribution in [3.63, 3.8) is 0 Å². The normalized spacial score (nSPS) is 21.3. The highest BCUT2D eigenvalue weighted by Gasteiger charge is 2.28. The average Bonchev–Trinajstić information content (AvgIpc) is 3.39. The van der Waals surface area contributed by atoms with Crippen LogP contribution in [0.4, 0.5) is 5.69 Å². The molecular weight excluding hydrogens is 370 g/mol. The van der Waals surface area contributed by atoms with E-state index < -0.39 is 0 Å². The number of hydrogen-bond donors (Lipinski definition) is 2. The van der Waals surface area contributed by atoms with E-state index in [9.17, 15) is 9.59 Å². The smallest absolute Gasteiger partial charge is 0.238 e. The predicted octanol–water partition coefficient (Wildman–Crippen LogP) is 2.63. The van der Waals surface area contributed by atoms with Crippen LogP contribution in [0.15, 0.2) is 28.7 Å². The average molecular weight is 394 g/mol. The number of anilines is 1. The number of likely N-dealkylation sites (tertiary alicyclic amines) is 1. The summed E-state index contributed by atoms with van der Waals surface area (Å²) in [5, 5.41) is 5.97. The Bertz CT molecular complexity index is 586. The van der Waals surface area contributed by atoms with E-state index in [0.29, 0.717) is 19.0 Å². The monoisotopic (exact) mass is 393 g/mol. The molecule has 5 nitrogen and oxygen atoms in total. The molecule has 1 saturated heterocycles. The van der Waals surface area contributed by atoms with Crippen molar-refractivity contribution in [2.24, 2.45) is 11.8 Å². The van der Waals surface area contributed by atoms with Crippen LogP contribution in [-0.2, 0) is 9.59 Å². The Balaban J connectivity index is 1.44. The topological polar surface area (TPSA) is 61.4 Å². The summed E-state index contributed by atoms with van der Waals surface area (Å²) >= 11 is 3.38. The highest BCUT2D eigenvalue weighted by molar-refractivity contribution is 9.10. The van der Waals surface area contributed by atoms with Gasteiger partial charge in [-0.25, -0.2) is 0 Å². The van der Waals surface area contributed by atoms with Gasteiger partial charge in [-0.2, -0.15) is 0 Å². The molecule has 1 unspecified atom stereocenters. The van der Waals surface area contributed by atoms with Gasteiger partial charge in [-0.1, -0.05) is 15.9 Å². The second-order valence-corrected chi connectivity index (χ2v) is 7.73. The van der Waals surface area contributed by atoms with Crippen LogP contribution in [0.2, 0.25) is 0 Å². The molecule has 3 rings (SSSR count). The molecule has 0 aromatic heterocycles. The minimum atomic E-state index is -0.0311. The van der Waals surface area contributed by atoms with Crippen LogP contribution in [-0.4, -0.2) is 42.9 Å². The quantitative estimate of drug-likeness (QED) is 0.780. The Labute approximate surface area is 151 Å². The third-order valence-corrected chi connectivity index (χ3v) is 5.16. The summed E-state index contributed by atoms with van der Waals surface area (Å²) < 4.78 is 0.983. The van der Waals surface area contributed by atoms with Gasteiger partial charge < -0.3 is 10.6 Å². The van der Waals surface area contributed by atoms with Crippen LogP contribution in [0.25, 0.3) is 0 Å². The summed E-state index contributed by atoms with van der Waals surface area (Å²) in [5.41, 5.74) is 0.791. The van der Waals surface area contributed by atoms with Crippen LogP contribution in [0, 0.1) is 11.8 Å². The summed E-state index contributed by atoms with van der Waals surface area (Å²) in [6.45, 7) is 2.70. The number of nitrogens with one attached hydrogen (secondary N) is 2. The fourth-order valence-corrected chi connectivity index (χ4v) is 3.33. The van der Waals surface area contributed by atoms with Gasteiger partial charge >= 0.3 is 0 Å². The molecule has 1 aliphatic heterocycles. The molecule has 1 aliphatic carbocycles. The van der Waals surface area contributed by atoms with Crippen LogP contribution < -0.4 is 10.6 Å². The molecule has 130 valence electrons. The van der Waals surface area contributed by atoms with Crippen molar-refractivity contribution >= 4 is 33.4 Å². The molecule has 1 saturated carbocycles. The van der Waals surface area contributed by atoms with Gasteiger partial charge in [-0.05, 0) is 62.4 Å². The van der Waals surface area contributed by atoms with E-state index in [0.717, 1.165) is 36.1 Å². The number of piperidine rings is 1. The first-order chi connectivity index (χ1) is 11.6. The number of rotatable bonds is 6. The summed E-state index contributed by atoms with van der Waals surface area (Å²) in [4.78, 5) is 26.5. The van der Waals surface area contributed by atoms with E-state index in [4.69, 9.17) is 0 Å². The lowest BCUT2D eigenvalue weighted by molar-refractivity contribution is -0.128. The van der Waals surface area contributed by atoms with E-state index in [2.05, 4.69) is 31.5 Å². The maximum Gasteiger partial charge on any atom is 0.238 e. The van der Waals surface area contributed by atoms with Crippen molar-refractivity contribution in [1.82, 2.24) is 10.2 Å². The van der Waals surface area contributed by atoms with E-state index in [-0.39, 0.29) is 17.7 Å².